The van der Waals surface area contributed by atoms with Crippen molar-refractivity contribution in [3.63, 3.8) is 0 Å². The van der Waals surface area contributed by atoms with E-state index in [0.717, 1.165) is 86.6 Å². The number of aryl methyl sites for hydroxylation is 4. The van der Waals surface area contributed by atoms with E-state index in [9.17, 15) is 0 Å². The first kappa shape index (κ1) is 37.1. The van der Waals surface area contributed by atoms with E-state index in [-0.39, 0.29) is 0 Å². The van der Waals surface area contributed by atoms with Crippen LogP contribution in [0.25, 0.3) is 22.5 Å². The molecule has 0 unspecified atom stereocenters. The number of hydrogen-bond acceptors (Lipinski definition) is 10. The number of thiazole rings is 2. The van der Waals surface area contributed by atoms with Gasteiger partial charge in [-0.15, -0.1) is 22.7 Å². The van der Waals surface area contributed by atoms with Crippen molar-refractivity contribution in [1.82, 2.24) is 9.97 Å². The minimum absolute atomic E-state index is 0.439. The number of anilines is 2. The molecule has 0 saturated carbocycles. The number of aromatic nitrogens is 2. The third-order valence-corrected chi connectivity index (χ3v) is 10.4. The van der Waals surface area contributed by atoms with Crippen molar-refractivity contribution in [3.8, 4) is 34.0 Å². The normalized spacial score (nSPS) is 11.6. The van der Waals surface area contributed by atoms with Crippen molar-refractivity contribution >= 4 is 77.2 Å². The van der Waals surface area contributed by atoms with Gasteiger partial charge in [-0.2, -0.15) is 10.2 Å². The molecule has 2 aromatic heterocycles. The highest BCUT2D eigenvalue weighted by atomic mass is 79.9. The lowest BCUT2D eigenvalue weighted by Gasteiger charge is -2.12. The highest BCUT2D eigenvalue weighted by Crippen LogP contribution is 2.29. The van der Waals surface area contributed by atoms with E-state index in [0.29, 0.717) is 13.2 Å². The van der Waals surface area contributed by atoms with Crippen molar-refractivity contribution < 1.29 is 9.47 Å². The maximum Gasteiger partial charge on any atom is 0.203 e. The first-order valence-corrected chi connectivity index (χ1v) is 19.7. The largest absolute Gasteiger partial charge is 0.489 e. The Morgan fingerprint density at radius 2 is 0.962 bits per heavy atom. The monoisotopic (exact) mass is 854 g/mol. The van der Waals surface area contributed by atoms with Crippen LogP contribution in [0.1, 0.15) is 33.4 Å². The molecule has 2 heterocycles. The van der Waals surface area contributed by atoms with Crippen LogP contribution in [0.5, 0.6) is 11.5 Å². The van der Waals surface area contributed by atoms with Crippen molar-refractivity contribution in [2.24, 2.45) is 10.2 Å². The zero-order valence-corrected chi connectivity index (χ0v) is 33.8. The number of halogens is 2. The molecule has 0 amide bonds. The van der Waals surface area contributed by atoms with Crippen LogP contribution >= 0.6 is 54.5 Å². The van der Waals surface area contributed by atoms with Gasteiger partial charge < -0.3 is 9.47 Å². The van der Waals surface area contributed by atoms with Gasteiger partial charge in [0.25, 0.3) is 0 Å². The molecule has 264 valence electrons. The molecule has 0 saturated heterocycles. The van der Waals surface area contributed by atoms with Crippen LogP contribution in [0.2, 0.25) is 0 Å². The highest BCUT2D eigenvalue weighted by Gasteiger charge is 2.09. The Hall–Kier alpha value is -4.62. The van der Waals surface area contributed by atoms with E-state index in [2.05, 4.69) is 87.1 Å². The summed E-state index contributed by atoms with van der Waals surface area (Å²) in [7, 11) is 0. The zero-order valence-electron chi connectivity index (χ0n) is 29.0. The Labute approximate surface area is 328 Å². The number of hydrazone groups is 2. The number of benzene rings is 4. The van der Waals surface area contributed by atoms with Crippen LogP contribution in [0, 0.1) is 27.7 Å². The van der Waals surface area contributed by atoms with Gasteiger partial charge in [0.2, 0.25) is 10.3 Å². The Morgan fingerprint density at radius 1 is 0.596 bits per heavy atom. The minimum atomic E-state index is 0.439. The molecule has 0 spiro atoms. The molecule has 2 N–H and O–H groups in total. The van der Waals surface area contributed by atoms with Gasteiger partial charge in [0.15, 0.2) is 0 Å². The average molecular weight is 857 g/mol. The first-order valence-electron chi connectivity index (χ1n) is 16.4. The molecule has 0 radical (unpaired) electrons. The van der Waals surface area contributed by atoms with E-state index in [4.69, 9.17) is 9.47 Å². The molecule has 6 rings (SSSR count). The maximum atomic E-state index is 6.12. The topological polar surface area (TPSA) is 93.0 Å². The predicted molar refractivity (Wildman–Crippen MR) is 225 cm³/mol. The zero-order chi connectivity index (χ0) is 36.5. The van der Waals surface area contributed by atoms with Crippen LogP contribution in [0.4, 0.5) is 10.3 Å². The van der Waals surface area contributed by atoms with E-state index in [1.54, 1.807) is 12.4 Å². The van der Waals surface area contributed by atoms with E-state index in [1.165, 1.54) is 22.7 Å². The summed E-state index contributed by atoms with van der Waals surface area (Å²) in [6.07, 6.45) is 7.55. The summed E-state index contributed by atoms with van der Waals surface area (Å²) in [6.45, 7) is 9.05. The maximum absolute atomic E-state index is 6.12. The summed E-state index contributed by atoms with van der Waals surface area (Å²) < 4.78 is 14.3. The van der Waals surface area contributed by atoms with Crippen molar-refractivity contribution in [3.05, 3.63) is 138 Å². The van der Waals surface area contributed by atoms with Crippen LogP contribution in [-0.4, -0.2) is 35.6 Å². The SMILES string of the molecule is Cc1cc(/C=N/Nc2nc(-c3ccc(Br)cc3)cs2)cc(C)c1OC/C=C/COc1c(C)cc(/C=N/Nc2nc(-c3ccc(Br)cc3)cs2)cc1C. The van der Waals surface area contributed by atoms with E-state index < -0.39 is 0 Å². The molecule has 0 aliphatic rings. The number of rotatable bonds is 14. The second kappa shape index (κ2) is 17.7. The van der Waals surface area contributed by atoms with Gasteiger partial charge in [0.05, 0.1) is 23.8 Å². The summed E-state index contributed by atoms with van der Waals surface area (Å²) in [5, 5.41) is 14.3. The fourth-order valence-corrected chi connectivity index (χ4v) is 7.32. The minimum Gasteiger partial charge on any atom is -0.489 e. The fourth-order valence-electron chi connectivity index (χ4n) is 5.45. The highest BCUT2D eigenvalue weighted by molar-refractivity contribution is 9.10. The van der Waals surface area contributed by atoms with Crippen molar-refractivity contribution in [1.29, 1.82) is 0 Å². The standard InChI is InChI=1S/C40H36Br2N6O2S2/c1-25-17-29(21-43-47-39-45-35(23-51-39)31-7-11-33(41)12-8-31)18-26(2)37(25)49-15-5-6-16-50-38-27(3)19-30(20-28(38)4)22-44-48-40-46-36(24-52-40)32-9-13-34(42)14-10-32/h5-14,17-24H,15-16H2,1-4H3,(H,45,47)(H,46,48)/b6-5+,43-21+,44-22+. The second-order valence-electron chi connectivity index (χ2n) is 11.9. The fraction of sp³-hybridized carbons (Fsp3) is 0.150. The van der Waals surface area contributed by atoms with Crippen LogP contribution in [0.15, 0.2) is 115 Å². The summed E-state index contributed by atoms with van der Waals surface area (Å²) in [4.78, 5) is 9.27. The third-order valence-electron chi connectivity index (χ3n) is 7.82. The number of nitrogens with one attached hydrogen (secondary N) is 2. The number of hydrogen-bond donors (Lipinski definition) is 2. The van der Waals surface area contributed by atoms with E-state index >= 15 is 0 Å². The van der Waals surface area contributed by atoms with Crippen LogP contribution in [-0.2, 0) is 0 Å². The molecule has 0 bridgehead atoms. The lowest BCUT2D eigenvalue weighted by molar-refractivity contribution is 0.345. The van der Waals surface area contributed by atoms with Crippen LogP contribution in [0.3, 0.4) is 0 Å². The molecule has 0 aliphatic carbocycles. The molecule has 0 aliphatic heterocycles. The molecule has 8 nitrogen and oxygen atoms in total. The lowest BCUT2D eigenvalue weighted by atomic mass is 10.1. The molecule has 0 atom stereocenters. The second-order valence-corrected chi connectivity index (χ2v) is 15.4. The van der Waals surface area contributed by atoms with Gasteiger partial charge in [-0.3, -0.25) is 10.9 Å². The van der Waals surface area contributed by atoms with Gasteiger partial charge in [-0.1, -0.05) is 56.1 Å². The lowest BCUT2D eigenvalue weighted by Crippen LogP contribution is -2.02. The Balaban J connectivity index is 0.947. The van der Waals surface area contributed by atoms with Gasteiger partial charge in [-0.25, -0.2) is 9.97 Å². The number of ether oxygens (including phenoxy) is 2. The van der Waals surface area contributed by atoms with Crippen molar-refractivity contribution in [2.45, 2.75) is 27.7 Å². The molecular weight excluding hydrogens is 820 g/mol. The molecule has 0 fully saturated rings. The molecule has 12 heteroatoms. The third kappa shape index (κ3) is 10.0. The van der Waals surface area contributed by atoms with Gasteiger partial charge in [0.1, 0.15) is 24.7 Å². The van der Waals surface area contributed by atoms with Crippen molar-refractivity contribution in [2.75, 3.05) is 24.1 Å². The average Bonchev–Trinajstić information content (AvgIpc) is 3.79. The smallest absolute Gasteiger partial charge is 0.203 e. The number of nitrogens with zero attached hydrogens (tertiary/aromatic N) is 4. The van der Waals surface area contributed by atoms with Gasteiger partial charge in [0, 0.05) is 30.8 Å². The molecule has 6 aromatic rings. The van der Waals surface area contributed by atoms with E-state index in [1.807, 2.05) is 99.1 Å². The van der Waals surface area contributed by atoms with Gasteiger partial charge in [-0.05, 0) is 122 Å². The molecule has 52 heavy (non-hydrogen) atoms. The Kier molecular flexibility index (Phi) is 12.7. The van der Waals surface area contributed by atoms with Gasteiger partial charge >= 0.3 is 0 Å². The Morgan fingerprint density at radius 3 is 1.33 bits per heavy atom. The predicted octanol–water partition coefficient (Wildman–Crippen LogP) is 11.6. The Bertz CT molecular complexity index is 2020. The molecule has 4 aromatic carbocycles. The first-order chi connectivity index (χ1) is 25.2. The summed E-state index contributed by atoms with van der Waals surface area (Å²) in [5.74, 6) is 1.74. The molecular formula is C40H36Br2N6O2S2. The van der Waals surface area contributed by atoms with Crippen LogP contribution < -0.4 is 20.3 Å². The quantitative estimate of drug-likeness (QED) is 0.0644. The summed E-state index contributed by atoms with van der Waals surface area (Å²) in [5.41, 5.74) is 16.2. The summed E-state index contributed by atoms with van der Waals surface area (Å²) in [6, 6.07) is 24.4. The summed E-state index contributed by atoms with van der Waals surface area (Å²) >= 11 is 9.98.